The van der Waals surface area contributed by atoms with Crippen LogP contribution in [-0.4, -0.2) is 34.1 Å². The van der Waals surface area contributed by atoms with Crippen LogP contribution in [0.2, 0.25) is 0 Å². The minimum absolute atomic E-state index is 0.0582. The third-order valence-corrected chi connectivity index (χ3v) is 6.02. The third kappa shape index (κ3) is 10.9. The van der Waals surface area contributed by atoms with Crippen LogP contribution in [0.5, 0.6) is 11.5 Å². The molecule has 4 N–H and O–H groups in total. The summed E-state index contributed by atoms with van der Waals surface area (Å²) in [6.07, 6.45) is -1.57. The lowest BCUT2D eigenvalue weighted by atomic mass is 10.1. The highest BCUT2D eigenvalue weighted by Gasteiger charge is 2.38. The molecule has 230 valence electrons. The van der Waals surface area contributed by atoms with Gasteiger partial charge in [0.1, 0.15) is 5.75 Å². The molecule has 0 spiro atoms. The second kappa shape index (κ2) is 16.4. The van der Waals surface area contributed by atoms with E-state index in [1.54, 1.807) is 17.3 Å². The van der Waals surface area contributed by atoms with Crippen molar-refractivity contribution >= 4 is 23.5 Å². The van der Waals surface area contributed by atoms with Gasteiger partial charge in [-0.05, 0) is 47.0 Å². The van der Waals surface area contributed by atoms with Gasteiger partial charge in [-0.1, -0.05) is 60.7 Å². The Morgan fingerprint density at radius 3 is 2.18 bits per heavy atom. The number of alkyl halides is 3. The highest BCUT2D eigenvalue weighted by Crippen LogP contribution is 2.34. The van der Waals surface area contributed by atoms with E-state index in [-0.39, 0.29) is 24.7 Å². The first-order valence-corrected chi connectivity index (χ1v) is 13.4. The molecular formula is C32H31F3N4O5. The number of halogens is 3. The summed E-state index contributed by atoms with van der Waals surface area (Å²) in [5.74, 6) is -1.95. The molecular weight excluding hydrogens is 577 g/mol. The first-order chi connectivity index (χ1) is 21.1. The van der Waals surface area contributed by atoms with Gasteiger partial charge in [0.15, 0.2) is 5.75 Å². The molecule has 0 unspecified atom stereocenters. The van der Waals surface area contributed by atoms with Crippen LogP contribution in [-0.2, 0) is 34.0 Å². The molecule has 0 bridgehead atoms. The van der Waals surface area contributed by atoms with Gasteiger partial charge in [-0.15, -0.1) is 0 Å². The van der Waals surface area contributed by atoms with Crippen molar-refractivity contribution in [2.45, 2.75) is 38.7 Å². The predicted molar refractivity (Wildman–Crippen MR) is 157 cm³/mol. The number of hydrogen-bond donors (Lipinski definition) is 3. The number of hydrogen-bond acceptors (Lipinski definition) is 6. The van der Waals surface area contributed by atoms with Crippen LogP contribution in [0.1, 0.15) is 29.5 Å². The molecule has 4 rings (SSSR count). The summed E-state index contributed by atoms with van der Waals surface area (Å²) in [6, 6.07) is 28.4. The molecule has 2 amide bonds. The van der Waals surface area contributed by atoms with Crippen LogP contribution >= 0.6 is 0 Å². The number of carbonyl (C=O) groups excluding carboxylic acids is 2. The molecule has 0 aliphatic rings. The average Bonchev–Trinajstić information content (AvgIpc) is 3.03. The van der Waals surface area contributed by atoms with E-state index in [1.807, 2.05) is 91.0 Å². The van der Waals surface area contributed by atoms with E-state index in [0.717, 1.165) is 16.7 Å². The van der Waals surface area contributed by atoms with Crippen molar-refractivity contribution in [3.05, 3.63) is 120 Å². The minimum atomic E-state index is -5.08. The summed E-state index contributed by atoms with van der Waals surface area (Å²) < 4.78 is 37.9. The largest absolute Gasteiger partial charge is 0.490 e. The van der Waals surface area contributed by atoms with Gasteiger partial charge in [-0.25, -0.2) is 4.79 Å². The smallest absolute Gasteiger partial charge is 0.475 e. The van der Waals surface area contributed by atoms with E-state index in [0.29, 0.717) is 36.8 Å². The molecule has 0 saturated heterocycles. The monoisotopic (exact) mass is 608 g/mol. The number of carboxylic acid groups (broad SMARTS) is 1. The molecule has 1 aromatic heterocycles. The van der Waals surface area contributed by atoms with E-state index in [2.05, 4.69) is 10.3 Å². The quantitative estimate of drug-likeness (QED) is 0.202. The number of nitrogens with one attached hydrogen (secondary N) is 1. The number of carboxylic acids is 1. The van der Waals surface area contributed by atoms with Gasteiger partial charge < -0.3 is 25.8 Å². The second-order valence-electron chi connectivity index (χ2n) is 9.33. The van der Waals surface area contributed by atoms with E-state index in [1.165, 1.54) is 0 Å². The van der Waals surface area contributed by atoms with Crippen molar-refractivity contribution in [3.8, 4) is 11.5 Å². The van der Waals surface area contributed by atoms with Crippen molar-refractivity contribution < 1.29 is 37.4 Å². The zero-order valence-corrected chi connectivity index (χ0v) is 23.5. The Morgan fingerprint density at radius 2 is 1.52 bits per heavy atom. The molecule has 1 heterocycles. The number of pyridine rings is 1. The number of benzene rings is 3. The van der Waals surface area contributed by atoms with Crippen LogP contribution in [0.15, 0.2) is 103 Å². The Kier molecular flexibility index (Phi) is 12.4. The summed E-state index contributed by atoms with van der Waals surface area (Å²) in [6.45, 7) is 1.12. The SMILES string of the molecule is NCc1cccc(Oc2ccccc2N(Cc2ccccc2)C(=O)CCC(=O)NCc2cccnc2)c1.O=C(O)C(F)(F)F. The average molecular weight is 609 g/mol. The molecule has 0 saturated carbocycles. The number of ether oxygens (including phenoxy) is 1. The van der Waals surface area contributed by atoms with Gasteiger partial charge in [-0.3, -0.25) is 14.6 Å². The number of aromatic nitrogens is 1. The minimum Gasteiger partial charge on any atom is -0.475 e. The fourth-order valence-electron chi connectivity index (χ4n) is 3.85. The normalized spacial score (nSPS) is 10.6. The lowest BCUT2D eigenvalue weighted by molar-refractivity contribution is -0.192. The maximum Gasteiger partial charge on any atom is 0.490 e. The van der Waals surface area contributed by atoms with Crippen molar-refractivity contribution in [2.75, 3.05) is 4.90 Å². The summed E-state index contributed by atoms with van der Waals surface area (Å²) in [4.78, 5) is 40.6. The number of carbonyl (C=O) groups is 3. The van der Waals surface area contributed by atoms with E-state index in [9.17, 15) is 22.8 Å². The first kappa shape index (κ1) is 33.3. The summed E-state index contributed by atoms with van der Waals surface area (Å²) in [5, 5.41) is 9.98. The number of para-hydroxylation sites is 2. The fourth-order valence-corrected chi connectivity index (χ4v) is 3.85. The molecule has 0 radical (unpaired) electrons. The maximum absolute atomic E-state index is 13.5. The zero-order valence-electron chi connectivity index (χ0n) is 23.5. The number of nitrogens with two attached hydrogens (primary N) is 1. The maximum atomic E-state index is 13.5. The number of rotatable bonds is 11. The van der Waals surface area contributed by atoms with Gasteiger partial charge in [0.2, 0.25) is 11.8 Å². The van der Waals surface area contributed by atoms with Gasteiger partial charge in [0, 0.05) is 38.3 Å². The van der Waals surface area contributed by atoms with Crippen LogP contribution in [0, 0.1) is 0 Å². The number of nitrogens with zero attached hydrogens (tertiary/aromatic N) is 2. The lowest BCUT2D eigenvalue weighted by Crippen LogP contribution is -2.32. The van der Waals surface area contributed by atoms with Gasteiger partial charge >= 0.3 is 12.1 Å². The van der Waals surface area contributed by atoms with Crippen molar-refractivity contribution in [3.63, 3.8) is 0 Å². The molecule has 0 fully saturated rings. The van der Waals surface area contributed by atoms with Crippen molar-refractivity contribution in [2.24, 2.45) is 5.73 Å². The molecule has 3 aromatic carbocycles. The van der Waals surface area contributed by atoms with Crippen LogP contribution in [0.4, 0.5) is 18.9 Å². The third-order valence-electron chi connectivity index (χ3n) is 6.02. The number of anilines is 1. The Morgan fingerprint density at radius 1 is 0.864 bits per heavy atom. The van der Waals surface area contributed by atoms with Gasteiger partial charge in [0.25, 0.3) is 0 Å². The zero-order chi connectivity index (χ0) is 32.0. The lowest BCUT2D eigenvalue weighted by Gasteiger charge is -2.25. The first-order valence-electron chi connectivity index (χ1n) is 13.4. The molecule has 0 aliphatic carbocycles. The Bertz CT molecular complexity index is 1520. The molecule has 4 aromatic rings. The van der Waals surface area contributed by atoms with E-state index >= 15 is 0 Å². The van der Waals surface area contributed by atoms with Crippen molar-refractivity contribution in [1.82, 2.24) is 10.3 Å². The van der Waals surface area contributed by atoms with Crippen LogP contribution in [0.3, 0.4) is 0 Å². The van der Waals surface area contributed by atoms with E-state index < -0.39 is 12.1 Å². The topological polar surface area (TPSA) is 135 Å². The highest BCUT2D eigenvalue weighted by molar-refractivity contribution is 5.96. The predicted octanol–water partition coefficient (Wildman–Crippen LogP) is 5.60. The standard InChI is InChI=1S/C30H30N4O3.C2HF3O2/c31-19-24-10-6-12-26(18-24)37-28-14-5-4-13-27(28)34(22-23-8-2-1-3-9-23)30(36)16-15-29(35)33-21-25-11-7-17-32-20-25;3-2(4,5)1(6)7/h1-14,17-18,20H,15-16,19,21-22,31H2,(H,33,35);(H,6,7). The fraction of sp³-hybridized carbons (Fsp3) is 0.188. The molecule has 0 atom stereocenters. The Hall–Kier alpha value is -5.23. The van der Waals surface area contributed by atoms with Gasteiger partial charge in [0.05, 0.1) is 12.2 Å². The Balaban J connectivity index is 0.000000676. The molecule has 44 heavy (non-hydrogen) atoms. The van der Waals surface area contributed by atoms with Gasteiger partial charge in [-0.2, -0.15) is 13.2 Å². The highest BCUT2D eigenvalue weighted by atomic mass is 19.4. The van der Waals surface area contributed by atoms with E-state index in [4.69, 9.17) is 20.4 Å². The number of amides is 2. The summed E-state index contributed by atoms with van der Waals surface area (Å²) >= 11 is 0. The molecule has 9 nitrogen and oxygen atoms in total. The molecule has 12 heteroatoms. The van der Waals surface area contributed by atoms with Crippen molar-refractivity contribution in [1.29, 1.82) is 0 Å². The Labute approximate surface area is 252 Å². The summed E-state index contributed by atoms with van der Waals surface area (Å²) in [5.41, 5.74) is 9.23. The molecule has 0 aliphatic heterocycles. The number of aliphatic carboxylic acids is 1. The van der Waals surface area contributed by atoms with Crippen LogP contribution < -0.4 is 20.7 Å². The second-order valence-corrected chi connectivity index (χ2v) is 9.33. The summed E-state index contributed by atoms with van der Waals surface area (Å²) in [7, 11) is 0. The van der Waals surface area contributed by atoms with Crippen LogP contribution in [0.25, 0.3) is 0 Å².